The van der Waals surface area contributed by atoms with Crippen molar-refractivity contribution in [1.29, 1.82) is 0 Å². The zero-order chi connectivity index (χ0) is 16.7. The summed E-state index contributed by atoms with van der Waals surface area (Å²) in [4.78, 5) is 28.5. The summed E-state index contributed by atoms with van der Waals surface area (Å²) < 4.78 is 13.1. The molecule has 2 aromatic rings. The fourth-order valence-corrected chi connectivity index (χ4v) is 3.53. The summed E-state index contributed by atoms with van der Waals surface area (Å²) in [5.41, 5.74) is 2.76. The molecule has 5 heteroatoms. The molecule has 0 saturated carbocycles. The van der Waals surface area contributed by atoms with Crippen LogP contribution in [0.2, 0.25) is 0 Å². The minimum Gasteiger partial charge on any atom is -0.312 e. The first kappa shape index (κ1) is 14.9. The molecule has 0 unspecified atom stereocenters. The van der Waals surface area contributed by atoms with Crippen LogP contribution in [0.4, 0.5) is 15.8 Å². The molecule has 4 nitrogen and oxygen atoms in total. The number of benzene rings is 2. The molecule has 1 atom stereocenters. The van der Waals surface area contributed by atoms with Gasteiger partial charge in [-0.3, -0.25) is 9.59 Å². The van der Waals surface area contributed by atoms with Gasteiger partial charge < -0.3 is 9.80 Å². The number of carbonyl (C=O) groups is 2. The second-order valence-corrected chi connectivity index (χ2v) is 6.25. The fourth-order valence-electron chi connectivity index (χ4n) is 3.53. The van der Waals surface area contributed by atoms with Gasteiger partial charge in [0.2, 0.25) is 11.8 Å². The molecule has 0 bridgehead atoms. The number of hydrogen-bond acceptors (Lipinski definition) is 2. The minimum atomic E-state index is -0.353. The topological polar surface area (TPSA) is 40.6 Å². The third kappa shape index (κ3) is 2.46. The van der Waals surface area contributed by atoms with Gasteiger partial charge in [-0.1, -0.05) is 18.2 Å². The molecule has 1 fully saturated rings. The molecule has 2 heterocycles. The molecule has 2 aliphatic heterocycles. The summed E-state index contributed by atoms with van der Waals surface area (Å²) in [5, 5.41) is 0. The predicted octanol–water partition coefficient (Wildman–Crippen LogP) is 2.77. The largest absolute Gasteiger partial charge is 0.312 e. The van der Waals surface area contributed by atoms with Gasteiger partial charge in [0.1, 0.15) is 5.82 Å². The van der Waals surface area contributed by atoms with Crippen LogP contribution in [0.5, 0.6) is 0 Å². The van der Waals surface area contributed by atoms with E-state index in [4.69, 9.17) is 0 Å². The Bertz CT molecular complexity index is 803. The Morgan fingerprint density at radius 2 is 1.83 bits per heavy atom. The maximum Gasteiger partial charge on any atom is 0.232 e. The van der Waals surface area contributed by atoms with E-state index in [0.29, 0.717) is 18.8 Å². The molecule has 0 spiro atoms. The van der Waals surface area contributed by atoms with E-state index in [9.17, 15) is 14.0 Å². The van der Waals surface area contributed by atoms with Crippen LogP contribution in [-0.4, -0.2) is 24.9 Å². The zero-order valence-electron chi connectivity index (χ0n) is 13.1. The minimum absolute atomic E-state index is 0.00193. The van der Waals surface area contributed by atoms with Crippen LogP contribution in [0.1, 0.15) is 12.0 Å². The van der Waals surface area contributed by atoms with E-state index in [2.05, 4.69) is 0 Å². The molecule has 2 aliphatic rings. The van der Waals surface area contributed by atoms with Crippen LogP contribution in [-0.2, 0) is 16.0 Å². The van der Waals surface area contributed by atoms with E-state index in [-0.39, 0.29) is 30.0 Å². The monoisotopic (exact) mass is 324 g/mol. The molecular formula is C19H17FN2O2. The summed E-state index contributed by atoms with van der Waals surface area (Å²) >= 11 is 0. The summed E-state index contributed by atoms with van der Waals surface area (Å²) in [6.45, 7) is 1.02. The van der Waals surface area contributed by atoms with Crippen molar-refractivity contribution in [1.82, 2.24) is 0 Å². The second-order valence-electron chi connectivity index (χ2n) is 6.25. The lowest BCUT2D eigenvalue weighted by molar-refractivity contribution is -0.124. The summed E-state index contributed by atoms with van der Waals surface area (Å²) in [5.74, 6) is -0.786. The van der Waals surface area contributed by atoms with Gasteiger partial charge in [0.15, 0.2) is 0 Å². The van der Waals surface area contributed by atoms with Gasteiger partial charge in [0.05, 0.1) is 5.92 Å². The van der Waals surface area contributed by atoms with Crippen molar-refractivity contribution in [2.45, 2.75) is 12.8 Å². The molecule has 0 radical (unpaired) electrons. The molecule has 0 aromatic heterocycles. The van der Waals surface area contributed by atoms with Gasteiger partial charge in [-0.15, -0.1) is 0 Å². The molecule has 1 saturated heterocycles. The van der Waals surface area contributed by atoms with Crippen LogP contribution in [0.25, 0.3) is 0 Å². The number of fused-ring (bicyclic) bond motifs is 1. The number of para-hydroxylation sites is 1. The van der Waals surface area contributed by atoms with Gasteiger partial charge in [-0.25, -0.2) is 4.39 Å². The third-order valence-corrected chi connectivity index (χ3v) is 4.77. The quantitative estimate of drug-likeness (QED) is 0.852. The van der Waals surface area contributed by atoms with Gasteiger partial charge in [-0.2, -0.15) is 0 Å². The lowest BCUT2D eigenvalue weighted by Gasteiger charge is -2.21. The Morgan fingerprint density at radius 3 is 2.62 bits per heavy atom. The smallest absolute Gasteiger partial charge is 0.232 e. The van der Waals surface area contributed by atoms with Gasteiger partial charge >= 0.3 is 0 Å². The lowest BCUT2D eigenvalue weighted by Crippen LogP contribution is -2.36. The summed E-state index contributed by atoms with van der Waals surface area (Å²) in [6, 6.07) is 13.7. The van der Waals surface area contributed by atoms with E-state index in [1.165, 1.54) is 17.7 Å². The molecule has 2 amide bonds. The number of carbonyl (C=O) groups excluding carboxylic acids is 2. The molecule has 2 aromatic carbocycles. The van der Waals surface area contributed by atoms with E-state index in [1.54, 1.807) is 21.9 Å². The lowest BCUT2D eigenvalue weighted by atomic mass is 10.1. The van der Waals surface area contributed by atoms with Crippen molar-refractivity contribution < 1.29 is 14.0 Å². The normalized spacial score (nSPS) is 19.7. The van der Waals surface area contributed by atoms with E-state index < -0.39 is 0 Å². The fraction of sp³-hybridized carbons (Fsp3) is 0.263. The number of hydrogen-bond donors (Lipinski definition) is 0. The average molecular weight is 324 g/mol. The highest BCUT2D eigenvalue weighted by atomic mass is 19.1. The third-order valence-electron chi connectivity index (χ3n) is 4.77. The Labute approximate surface area is 139 Å². The molecule has 0 aliphatic carbocycles. The number of amides is 2. The maximum absolute atomic E-state index is 13.1. The van der Waals surface area contributed by atoms with Crippen molar-refractivity contribution in [3.05, 3.63) is 59.9 Å². The SMILES string of the molecule is O=C1C[C@H](C(=O)N2CCc3ccccc32)CN1c1ccc(F)cc1. The van der Waals surface area contributed by atoms with Crippen LogP contribution in [0, 0.1) is 11.7 Å². The van der Waals surface area contributed by atoms with Crippen molar-refractivity contribution in [2.24, 2.45) is 5.92 Å². The predicted molar refractivity (Wildman–Crippen MR) is 89.4 cm³/mol. The molecule has 4 rings (SSSR count). The van der Waals surface area contributed by atoms with Gasteiger partial charge in [0, 0.05) is 30.9 Å². The second kappa shape index (κ2) is 5.74. The highest BCUT2D eigenvalue weighted by Gasteiger charge is 2.38. The van der Waals surface area contributed by atoms with Crippen LogP contribution < -0.4 is 9.80 Å². The summed E-state index contributed by atoms with van der Waals surface area (Å²) in [7, 11) is 0. The first-order chi connectivity index (χ1) is 11.6. The highest BCUT2D eigenvalue weighted by Crippen LogP contribution is 2.32. The number of rotatable bonds is 2. The van der Waals surface area contributed by atoms with E-state index in [1.807, 2.05) is 24.3 Å². The Hall–Kier alpha value is -2.69. The number of anilines is 2. The standard InChI is InChI=1S/C19H17FN2O2/c20-15-5-7-16(8-6-15)22-12-14(11-18(22)23)19(24)21-10-9-13-3-1-2-4-17(13)21/h1-8,14H,9-12H2/t14-/m0/s1. The maximum atomic E-state index is 13.1. The Morgan fingerprint density at radius 1 is 1.08 bits per heavy atom. The van der Waals surface area contributed by atoms with Crippen LogP contribution >= 0.6 is 0 Å². The number of halogens is 1. The summed E-state index contributed by atoms with van der Waals surface area (Å²) in [6.07, 6.45) is 1.05. The van der Waals surface area contributed by atoms with Crippen molar-refractivity contribution >= 4 is 23.2 Å². The van der Waals surface area contributed by atoms with Crippen molar-refractivity contribution in [3.8, 4) is 0 Å². The van der Waals surface area contributed by atoms with Gasteiger partial charge in [0.25, 0.3) is 0 Å². The van der Waals surface area contributed by atoms with Crippen LogP contribution in [0.15, 0.2) is 48.5 Å². The number of nitrogens with zero attached hydrogens (tertiary/aromatic N) is 2. The Balaban J connectivity index is 1.53. The zero-order valence-corrected chi connectivity index (χ0v) is 13.1. The van der Waals surface area contributed by atoms with Crippen molar-refractivity contribution in [3.63, 3.8) is 0 Å². The molecule has 0 N–H and O–H groups in total. The van der Waals surface area contributed by atoms with Gasteiger partial charge in [-0.05, 0) is 42.3 Å². The van der Waals surface area contributed by atoms with E-state index >= 15 is 0 Å². The first-order valence-corrected chi connectivity index (χ1v) is 8.09. The molecular weight excluding hydrogens is 307 g/mol. The van der Waals surface area contributed by atoms with E-state index in [0.717, 1.165) is 12.1 Å². The Kier molecular flexibility index (Phi) is 3.56. The molecule has 122 valence electrons. The average Bonchev–Trinajstić information content (AvgIpc) is 3.19. The van der Waals surface area contributed by atoms with Crippen LogP contribution in [0.3, 0.4) is 0 Å². The molecule has 24 heavy (non-hydrogen) atoms. The first-order valence-electron chi connectivity index (χ1n) is 8.09. The highest BCUT2D eigenvalue weighted by molar-refractivity contribution is 6.05. The van der Waals surface area contributed by atoms with Crippen molar-refractivity contribution in [2.75, 3.05) is 22.9 Å².